The molecule has 2 N–H and O–H groups in total. The highest BCUT2D eigenvalue weighted by molar-refractivity contribution is 5.94. The van der Waals surface area contributed by atoms with Gasteiger partial charge in [0, 0.05) is 17.3 Å². The summed E-state index contributed by atoms with van der Waals surface area (Å²) < 4.78 is 0. The molecule has 16 heavy (non-hydrogen) atoms. The Balaban J connectivity index is 2.64. The maximum Gasteiger partial charge on any atom is 0.251 e. The molecule has 0 fully saturated rings. The van der Waals surface area contributed by atoms with Crippen molar-refractivity contribution in [1.29, 1.82) is 0 Å². The van der Waals surface area contributed by atoms with Crippen molar-refractivity contribution >= 4 is 11.6 Å². The molecule has 0 aliphatic heterocycles. The van der Waals surface area contributed by atoms with Crippen molar-refractivity contribution in [3.63, 3.8) is 0 Å². The smallest absolute Gasteiger partial charge is 0.251 e. The summed E-state index contributed by atoms with van der Waals surface area (Å²) in [5.74, 6) is 2.43. The molecule has 3 nitrogen and oxygen atoms in total. The lowest BCUT2D eigenvalue weighted by Crippen LogP contribution is -2.29. The third-order valence-corrected chi connectivity index (χ3v) is 1.96. The van der Waals surface area contributed by atoms with E-state index in [1.165, 1.54) is 0 Å². The first-order valence-electron chi connectivity index (χ1n) is 5.21. The largest absolute Gasteiger partial charge is 0.374 e. The van der Waals surface area contributed by atoms with Crippen LogP contribution in [-0.2, 0) is 0 Å². The second-order valence-corrected chi connectivity index (χ2v) is 3.76. The van der Waals surface area contributed by atoms with Crippen LogP contribution in [-0.4, -0.2) is 18.5 Å². The fourth-order valence-electron chi connectivity index (χ4n) is 1.24. The van der Waals surface area contributed by atoms with E-state index < -0.39 is 0 Å². The molecule has 0 radical (unpaired) electrons. The summed E-state index contributed by atoms with van der Waals surface area (Å²) >= 11 is 0. The molecule has 0 saturated heterocycles. The Kier molecular flexibility index (Phi) is 4.41. The zero-order chi connectivity index (χ0) is 12.0. The average Bonchev–Trinajstić information content (AvgIpc) is 2.26. The SMILES string of the molecule is C#CCNc1ccc(C(=O)NC(C)C)cc1. The number of hydrogen-bond donors (Lipinski definition) is 2. The number of carbonyl (C=O) groups is 1. The zero-order valence-corrected chi connectivity index (χ0v) is 9.58. The lowest BCUT2D eigenvalue weighted by atomic mass is 10.2. The van der Waals surface area contributed by atoms with E-state index in [-0.39, 0.29) is 11.9 Å². The highest BCUT2D eigenvalue weighted by Gasteiger charge is 2.05. The molecule has 0 bridgehead atoms. The van der Waals surface area contributed by atoms with Gasteiger partial charge in [0.15, 0.2) is 0 Å². The van der Waals surface area contributed by atoms with Crippen LogP contribution in [0.25, 0.3) is 0 Å². The molecule has 1 aromatic carbocycles. The number of nitrogens with one attached hydrogen (secondary N) is 2. The van der Waals surface area contributed by atoms with Gasteiger partial charge < -0.3 is 10.6 Å². The predicted molar refractivity (Wildman–Crippen MR) is 66.4 cm³/mol. The molecular weight excluding hydrogens is 200 g/mol. The van der Waals surface area contributed by atoms with E-state index in [4.69, 9.17) is 6.42 Å². The molecule has 3 heteroatoms. The van der Waals surface area contributed by atoms with E-state index in [1.807, 2.05) is 26.0 Å². The standard InChI is InChI=1S/C13H16N2O/c1-4-9-14-12-7-5-11(6-8-12)13(16)15-10(2)3/h1,5-8,10,14H,9H2,2-3H3,(H,15,16). The van der Waals surface area contributed by atoms with Crippen molar-refractivity contribution in [2.75, 3.05) is 11.9 Å². The zero-order valence-electron chi connectivity index (χ0n) is 9.58. The van der Waals surface area contributed by atoms with E-state index in [0.717, 1.165) is 5.69 Å². The Morgan fingerprint density at radius 3 is 2.50 bits per heavy atom. The third-order valence-electron chi connectivity index (χ3n) is 1.96. The van der Waals surface area contributed by atoms with Gasteiger partial charge in [0.2, 0.25) is 0 Å². The Morgan fingerprint density at radius 2 is 2.00 bits per heavy atom. The number of carbonyl (C=O) groups excluding carboxylic acids is 1. The van der Waals surface area contributed by atoms with Crippen LogP contribution in [0, 0.1) is 12.3 Å². The summed E-state index contributed by atoms with van der Waals surface area (Å²) in [6.07, 6.45) is 5.13. The minimum Gasteiger partial charge on any atom is -0.374 e. The Hall–Kier alpha value is -1.95. The number of rotatable bonds is 4. The Morgan fingerprint density at radius 1 is 1.38 bits per heavy atom. The second-order valence-electron chi connectivity index (χ2n) is 3.76. The second kappa shape index (κ2) is 5.82. The van der Waals surface area contributed by atoms with E-state index >= 15 is 0 Å². The molecule has 0 aromatic heterocycles. The van der Waals surface area contributed by atoms with Crippen LogP contribution in [0.3, 0.4) is 0 Å². The van der Waals surface area contributed by atoms with Gasteiger partial charge >= 0.3 is 0 Å². The first-order chi connectivity index (χ1) is 7.63. The molecule has 0 atom stereocenters. The minimum atomic E-state index is -0.0569. The Bertz CT molecular complexity index is 387. The highest BCUT2D eigenvalue weighted by atomic mass is 16.1. The predicted octanol–water partition coefficient (Wildman–Crippen LogP) is 1.87. The number of amides is 1. The quantitative estimate of drug-likeness (QED) is 0.754. The highest BCUT2D eigenvalue weighted by Crippen LogP contribution is 2.09. The van der Waals surface area contributed by atoms with Gasteiger partial charge in [-0.25, -0.2) is 0 Å². The Labute approximate surface area is 96.2 Å². The maximum absolute atomic E-state index is 11.6. The van der Waals surface area contributed by atoms with Crippen molar-refractivity contribution in [2.45, 2.75) is 19.9 Å². The van der Waals surface area contributed by atoms with Gasteiger partial charge in [-0.2, -0.15) is 0 Å². The van der Waals surface area contributed by atoms with Gasteiger partial charge in [-0.3, -0.25) is 4.79 Å². The van der Waals surface area contributed by atoms with Crippen LogP contribution >= 0.6 is 0 Å². The topological polar surface area (TPSA) is 41.1 Å². The molecule has 1 aromatic rings. The van der Waals surface area contributed by atoms with Crippen molar-refractivity contribution in [3.05, 3.63) is 29.8 Å². The van der Waals surface area contributed by atoms with E-state index in [2.05, 4.69) is 16.6 Å². The van der Waals surface area contributed by atoms with E-state index in [0.29, 0.717) is 12.1 Å². The van der Waals surface area contributed by atoms with Gasteiger partial charge in [-0.05, 0) is 38.1 Å². The van der Waals surface area contributed by atoms with Crippen LogP contribution in [0.15, 0.2) is 24.3 Å². The fraction of sp³-hybridized carbons (Fsp3) is 0.308. The van der Waals surface area contributed by atoms with Gasteiger partial charge in [0.05, 0.1) is 6.54 Å². The summed E-state index contributed by atoms with van der Waals surface area (Å²) in [4.78, 5) is 11.6. The molecule has 84 valence electrons. The fourth-order valence-corrected chi connectivity index (χ4v) is 1.24. The monoisotopic (exact) mass is 216 g/mol. The first kappa shape index (κ1) is 12.1. The van der Waals surface area contributed by atoms with E-state index in [9.17, 15) is 4.79 Å². The van der Waals surface area contributed by atoms with Crippen LogP contribution < -0.4 is 10.6 Å². The van der Waals surface area contributed by atoms with Crippen LogP contribution in [0.1, 0.15) is 24.2 Å². The van der Waals surface area contributed by atoms with Gasteiger partial charge in [0.1, 0.15) is 0 Å². The first-order valence-corrected chi connectivity index (χ1v) is 5.21. The summed E-state index contributed by atoms with van der Waals surface area (Å²) in [7, 11) is 0. The number of anilines is 1. The molecule has 1 rings (SSSR count). The molecule has 1 amide bonds. The van der Waals surface area contributed by atoms with Crippen LogP contribution in [0.4, 0.5) is 5.69 Å². The number of hydrogen-bond acceptors (Lipinski definition) is 2. The van der Waals surface area contributed by atoms with Crippen molar-refractivity contribution in [1.82, 2.24) is 5.32 Å². The molecule has 0 spiro atoms. The number of terminal acetylenes is 1. The van der Waals surface area contributed by atoms with E-state index in [1.54, 1.807) is 12.1 Å². The maximum atomic E-state index is 11.6. The molecular formula is C13H16N2O. The normalized spacial score (nSPS) is 9.62. The summed E-state index contributed by atoms with van der Waals surface area (Å²) in [6, 6.07) is 7.37. The van der Waals surface area contributed by atoms with Crippen molar-refractivity contribution in [2.24, 2.45) is 0 Å². The van der Waals surface area contributed by atoms with Crippen LogP contribution in [0.5, 0.6) is 0 Å². The summed E-state index contributed by atoms with van der Waals surface area (Å²) in [6.45, 7) is 4.35. The van der Waals surface area contributed by atoms with Crippen LogP contribution in [0.2, 0.25) is 0 Å². The number of benzene rings is 1. The minimum absolute atomic E-state index is 0.0569. The average molecular weight is 216 g/mol. The molecule has 0 heterocycles. The molecule has 0 unspecified atom stereocenters. The lowest BCUT2D eigenvalue weighted by Gasteiger charge is -2.09. The molecule has 0 aliphatic carbocycles. The van der Waals surface area contributed by atoms with Gasteiger partial charge in [0.25, 0.3) is 5.91 Å². The van der Waals surface area contributed by atoms with Gasteiger partial charge in [-0.1, -0.05) is 5.92 Å². The third kappa shape index (κ3) is 3.66. The molecule has 0 aliphatic rings. The lowest BCUT2D eigenvalue weighted by molar-refractivity contribution is 0.0943. The van der Waals surface area contributed by atoms with Crippen molar-refractivity contribution < 1.29 is 4.79 Å². The summed E-state index contributed by atoms with van der Waals surface area (Å²) in [5, 5.41) is 5.86. The van der Waals surface area contributed by atoms with Gasteiger partial charge in [-0.15, -0.1) is 6.42 Å². The summed E-state index contributed by atoms with van der Waals surface area (Å²) in [5.41, 5.74) is 1.57. The molecule has 0 saturated carbocycles. The van der Waals surface area contributed by atoms with Crippen molar-refractivity contribution in [3.8, 4) is 12.3 Å².